The van der Waals surface area contributed by atoms with E-state index in [0.717, 1.165) is 49.1 Å². The SMILES string of the molecule is CC(C)(C)OC(=O)N1CCC[C@H](Cc2cnc(Br)cn2)CC1. The maximum atomic E-state index is 12.1. The van der Waals surface area contributed by atoms with Crippen LogP contribution < -0.4 is 0 Å². The molecule has 5 nitrogen and oxygen atoms in total. The maximum absolute atomic E-state index is 12.1. The van der Waals surface area contributed by atoms with Crippen LogP contribution in [0.2, 0.25) is 0 Å². The van der Waals surface area contributed by atoms with Gasteiger partial charge in [-0.1, -0.05) is 0 Å². The molecule has 1 atom stereocenters. The fourth-order valence-electron chi connectivity index (χ4n) is 2.62. The quantitative estimate of drug-likeness (QED) is 0.794. The van der Waals surface area contributed by atoms with Crippen LogP contribution >= 0.6 is 15.9 Å². The fourth-order valence-corrected chi connectivity index (χ4v) is 2.82. The Hall–Kier alpha value is -1.17. The van der Waals surface area contributed by atoms with Gasteiger partial charge in [-0.15, -0.1) is 0 Å². The highest BCUT2D eigenvalue weighted by molar-refractivity contribution is 9.10. The van der Waals surface area contributed by atoms with Crippen molar-refractivity contribution in [1.82, 2.24) is 14.9 Å². The summed E-state index contributed by atoms with van der Waals surface area (Å²) in [5.74, 6) is 0.544. The summed E-state index contributed by atoms with van der Waals surface area (Å²) in [7, 11) is 0. The Balaban J connectivity index is 1.87. The summed E-state index contributed by atoms with van der Waals surface area (Å²) in [6.07, 6.45) is 7.38. The molecule has 0 radical (unpaired) electrons. The zero-order valence-electron chi connectivity index (χ0n) is 13.5. The second-order valence-electron chi connectivity index (χ2n) is 6.80. The molecule has 0 saturated carbocycles. The van der Waals surface area contributed by atoms with Crippen molar-refractivity contribution < 1.29 is 9.53 Å². The van der Waals surface area contributed by atoms with Crippen molar-refractivity contribution in [3.05, 3.63) is 22.7 Å². The molecule has 0 unspecified atom stereocenters. The molecule has 0 N–H and O–H groups in total. The molecule has 1 aliphatic rings. The second kappa shape index (κ2) is 7.40. The predicted octanol–water partition coefficient (Wildman–Crippen LogP) is 3.82. The molecule has 1 aliphatic heterocycles. The van der Waals surface area contributed by atoms with Crippen LogP contribution in [0.25, 0.3) is 0 Å². The van der Waals surface area contributed by atoms with E-state index in [2.05, 4.69) is 25.9 Å². The number of amides is 1. The smallest absolute Gasteiger partial charge is 0.410 e. The van der Waals surface area contributed by atoms with Gasteiger partial charge in [0.25, 0.3) is 0 Å². The van der Waals surface area contributed by atoms with E-state index < -0.39 is 5.60 Å². The summed E-state index contributed by atoms with van der Waals surface area (Å²) in [5.41, 5.74) is 0.578. The summed E-state index contributed by atoms with van der Waals surface area (Å²) < 4.78 is 6.22. The van der Waals surface area contributed by atoms with E-state index in [0.29, 0.717) is 5.92 Å². The van der Waals surface area contributed by atoms with E-state index in [4.69, 9.17) is 4.74 Å². The predicted molar refractivity (Wildman–Crippen MR) is 88.6 cm³/mol. The van der Waals surface area contributed by atoms with E-state index in [1.807, 2.05) is 31.9 Å². The third-order valence-electron chi connectivity index (χ3n) is 3.67. The summed E-state index contributed by atoms with van der Waals surface area (Å²) in [6, 6.07) is 0. The monoisotopic (exact) mass is 369 g/mol. The van der Waals surface area contributed by atoms with Crippen LogP contribution in [0.15, 0.2) is 17.0 Å². The number of aromatic nitrogens is 2. The average Bonchev–Trinajstić information content (AvgIpc) is 2.65. The molecule has 22 heavy (non-hydrogen) atoms. The number of halogens is 1. The van der Waals surface area contributed by atoms with Gasteiger partial charge in [0.1, 0.15) is 10.2 Å². The highest BCUT2D eigenvalue weighted by Crippen LogP contribution is 2.22. The Morgan fingerprint density at radius 1 is 1.32 bits per heavy atom. The van der Waals surface area contributed by atoms with Crippen molar-refractivity contribution in [1.29, 1.82) is 0 Å². The third-order valence-corrected chi connectivity index (χ3v) is 4.08. The van der Waals surface area contributed by atoms with Crippen molar-refractivity contribution >= 4 is 22.0 Å². The van der Waals surface area contributed by atoms with Crippen molar-refractivity contribution in [2.45, 2.75) is 52.1 Å². The van der Waals surface area contributed by atoms with Crippen LogP contribution in [0.3, 0.4) is 0 Å². The number of hydrogen-bond donors (Lipinski definition) is 0. The lowest BCUT2D eigenvalue weighted by Gasteiger charge is -2.26. The molecule has 0 aliphatic carbocycles. The number of carbonyl (C=O) groups is 1. The Morgan fingerprint density at radius 2 is 2.09 bits per heavy atom. The first-order valence-electron chi connectivity index (χ1n) is 7.78. The van der Waals surface area contributed by atoms with E-state index >= 15 is 0 Å². The van der Waals surface area contributed by atoms with Gasteiger partial charge in [0.2, 0.25) is 0 Å². The molecule has 2 rings (SSSR count). The number of carbonyl (C=O) groups excluding carboxylic acids is 1. The number of hydrogen-bond acceptors (Lipinski definition) is 4. The third kappa shape index (κ3) is 5.55. The van der Waals surface area contributed by atoms with Gasteiger partial charge in [-0.05, 0) is 68.3 Å². The van der Waals surface area contributed by atoms with Gasteiger partial charge in [0.05, 0.1) is 11.9 Å². The first-order valence-corrected chi connectivity index (χ1v) is 8.57. The van der Waals surface area contributed by atoms with E-state index in [-0.39, 0.29) is 6.09 Å². The van der Waals surface area contributed by atoms with E-state index in [1.165, 1.54) is 0 Å². The number of likely N-dealkylation sites (tertiary alicyclic amines) is 1. The van der Waals surface area contributed by atoms with Crippen LogP contribution in [0, 0.1) is 5.92 Å². The number of ether oxygens (including phenoxy) is 1. The Morgan fingerprint density at radius 3 is 2.73 bits per heavy atom. The zero-order chi connectivity index (χ0) is 16.2. The lowest BCUT2D eigenvalue weighted by Crippen LogP contribution is -2.37. The molecular weight excluding hydrogens is 346 g/mol. The molecule has 122 valence electrons. The maximum Gasteiger partial charge on any atom is 0.410 e. The first kappa shape index (κ1) is 17.2. The standard InChI is InChI=1S/C16H24BrN3O2/c1-16(2,3)22-15(21)20-7-4-5-12(6-8-20)9-13-10-19-14(17)11-18-13/h10-12H,4-9H2,1-3H3/t12-/m0/s1. The highest BCUT2D eigenvalue weighted by atomic mass is 79.9. The first-order chi connectivity index (χ1) is 10.3. The molecule has 0 spiro atoms. The zero-order valence-corrected chi connectivity index (χ0v) is 15.1. The van der Waals surface area contributed by atoms with Gasteiger partial charge >= 0.3 is 6.09 Å². The van der Waals surface area contributed by atoms with Gasteiger partial charge < -0.3 is 9.64 Å². The van der Waals surface area contributed by atoms with Crippen LogP contribution in [0.1, 0.15) is 45.7 Å². The molecule has 2 heterocycles. The molecule has 1 aromatic rings. The molecule has 1 saturated heterocycles. The summed E-state index contributed by atoms with van der Waals surface area (Å²) >= 11 is 3.30. The summed E-state index contributed by atoms with van der Waals surface area (Å²) in [5, 5.41) is 0. The lowest BCUT2D eigenvalue weighted by atomic mass is 9.95. The molecule has 6 heteroatoms. The molecular formula is C16H24BrN3O2. The van der Waals surface area contributed by atoms with Crippen LogP contribution in [-0.4, -0.2) is 39.7 Å². The molecule has 0 aromatic carbocycles. The molecule has 0 bridgehead atoms. The fraction of sp³-hybridized carbons (Fsp3) is 0.688. The van der Waals surface area contributed by atoms with Crippen LogP contribution in [0.5, 0.6) is 0 Å². The number of nitrogens with zero attached hydrogens (tertiary/aromatic N) is 3. The normalized spacial score (nSPS) is 19.6. The average molecular weight is 370 g/mol. The molecule has 1 amide bonds. The van der Waals surface area contributed by atoms with Gasteiger partial charge in [-0.2, -0.15) is 0 Å². The highest BCUT2D eigenvalue weighted by Gasteiger charge is 2.25. The van der Waals surface area contributed by atoms with Gasteiger partial charge in [-0.3, -0.25) is 4.98 Å². The van der Waals surface area contributed by atoms with Crippen molar-refractivity contribution in [2.24, 2.45) is 5.92 Å². The van der Waals surface area contributed by atoms with Crippen molar-refractivity contribution in [2.75, 3.05) is 13.1 Å². The summed E-state index contributed by atoms with van der Waals surface area (Å²) in [6.45, 7) is 7.23. The van der Waals surface area contributed by atoms with Gasteiger partial charge in [-0.25, -0.2) is 9.78 Å². The minimum atomic E-state index is -0.435. The van der Waals surface area contributed by atoms with Crippen molar-refractivity contribution in [3.8, 4) is 0 Å². The lowest BCUT2D eigenvalue weighted by molar-refractivity contribution is 0.0255. The van der Waals surface area contributed by atoms with Crippen LogP contribution in [-0.2, 0) is 11.2 Å². The number of rotatable bonds is 2. The largest absolute Gasteiger partial charge is 0.444 e. The second-order valence-corrected chi connectivity index (χ2v) is 7.61. The summed E-state index contributed by atoms with van der Waals surface area (Å²) in [4.78, 5) is 22.6. The Bertz CT molecular complexity index is 499. The Labute approximate surface area is 140 Å². The minimum absolute atomic E-state index is 0.198. The van der Waals surface area contributed by atoms with E-state index in [9.17, 15) is 4.79 Å². The van der Waals surface area contributed by atoms with Gasteiger partial charge in [0, 0.05) is 19.3 Å². The minimum Gasteiger partial charge on any atom is -0.444 e. The van der Waals surface area contributed by atoms with Crippen molar-refractivity contribution in [3.63, 3.8) is 0 Å². The van der Waals surface area contributed by atoms with Gasteiger partial charge in [0.15, 0.2) is 0 Å². The molecule has 1 aromatic heterocycles. The van der Waals surface area contributed by atoms with Crippen LogP contribution in [0.4, 0.5) is 4.79 Å². The molecule has 1 fully saturated rings. The topological polar surface area (TPSA) is 55.3 Å². The van der Waals surface area contributed by atoms with E-state index in [1.54, 1.807) is 6.20 Å². The Kier molecular flexibility index (Phi) is 5.78.